The van der Waals surface area contributed by atoms with Gasteiger partial charge in [0.05, 0.1) is 18.0 Å². The molecule has 0 spiro atoms. The van der Waals surface area contributed by atoms with Crippen molar-refractivity contribution in [3.8, 4) is 5.75 Å². The maximum absolute atomic E-state index is 13.7. The van der Waals surface area contributed by atoms with Crippen molar-refractivity contribution in [1.82, 2.24) is 10.2 Å². The van der Waals surface area contributed by atoms with Crippen molar-refractivity contribution in [2.75, 3.05) is 7.11 Å². The van der Waals surface area contributed by atoms with Crippen LogP contribution in [-0.4, -0.2) is 28.4 Å². The zero-order valence-electron chi connectivity index (χ0n) is 7.74. The summed E-state index contributed by atoms with van der Waals surface area (Å²) >= 11 is 0. The monoisotopic (exact) mass is 210 g/mol. The predicted molar refractivity (Wildman–Crippen MR) is 49.6 cm³/mol. The van der Waals surface area contributed by atoms with Gasteiger partial charge >= 0.3 is 5.97 Å². The molecule has 6 heteroatoms. The number of aromatic amines is 1. The quantitative estimate of drug-likeness (QED) is 0.785. The first-order chi connectivity index (χ1) is 7.15. The molecule has 0 atom stereocenters. The van der Waals surface area contributed by atoms with E-state index in [1.54, 1.807) is 0 Å². The lowest BCUT2D eigenvalue weighted by atomic mass is 10.2. The Labute approximate surface area is 83.5 Å². The number of halogens is 1. The minimum atomic E-state index is -1.28. The summed E-state index contributed by atoms with van der Waals surface area (Å²) in [4.78, 5) is 10.7. The molecule has 15 heavy (non-hydrogen) atoms. The highest BCUT2D eigenvalue weighted by atomic mass is 19.1. The minimum absolute atomic E-state index is 0.00796. The molecule has 0 saturated carbocycles. The second kappa shape index (κ2) is 3.23. The van der Waals surface area contributed by atoms with E-state index in [2.05, 4.69) is 10.2 Å². The highest BCUT2D eigenvalue weighted by molar-refractivity contribution is 6.01. The molecule has 1 aromatic heterocycles. The van der Waals surface area contributed by atoms with Crippen LogP contribution in [0.2, 0.25) is 0 Å². The van der Waals surface area contributed by atoms with Gasteiger partial charge < -0.3 is 9.84 Å². The van der Waals surface area contributed by atoms with E-state index in [4.69, 9.17) is 9.84 Å². The molecule has 2 N–H and O–H groups in total. The molecular weight excluding hydrogens is 203 g/mol. The van der Waals surface area contributed by atoms with Gasteiger partial charge in [-0.25, -0.2) is 9.18 Å². The first-order valence-electron chi connectivity index (χ1n) is 4.09. The highest BCUT2D eigenvalue weighted by Crippen LogP contribution is 2.27. The van der Waals surface area contributed by atoms with Crippen molar-refractivity contribution in [1.29, 1.82) is 0 Å². The van der Waals surface area contributed by atoms with E-state index in [0.29, 0.717) is 5.52 Å². The molecule has 0 aliphatic rings. The third-order valence-electron chi connectivity index (χ3n) is 2.05. The Hall–Kier alpha value is -2.11. The SMILES string of the molecule is COc1ccc2[nH]nc(C(=O)O)c2c1F. The molecule has 78 valence electrons. The number of carboxylic acid groups (broad SMARTS) is 1. The van der Waals surface area contributed by atoms with Gasteiger partial charge in [-0.05, 0) is 12.1 Å². The molecule has 0 aliphatic carbocycles. The first-order valence-corrected chi connectivity index (χ1v) is 4.09. The number of H-pyrrole nitrogens is 1. The van der Waals surface area contributed by atoms with Gasteiger partial charge in [0.2, 0.25) is 0 Å². The molecule has 0 bridgehead atoms. The Balaban J connectivity index is 2.82. The van der Waals surface area contributed by atoms with Crippen LogP contribution in [0.15, 0.2) is 12.1 Å². The number of nitrogens with one attached hydrogen (secondary N) is 1. The smallest absolute Gasteiger partial charge is 0.357 e. The van der Waals surface area contributed by atoms with Gasteiger partial charge in [-0.2, -0.15) is 5.10 Å². The largest absolute Gasteiger partial charge is 0.494 e. The Bertz CT molecular complexity index is 535. The molecule has 0 unspecified atom stereocenters. The van der Waals surface area contributed by atoms with Crippen LogP contribution < -0.4 is 4.74 Å². The minimum Gasteiger partial charge on any atom is -0.494 e. The zero-order chi connectivity index (χ0) is 11.0. The van der Waals surface area contributed by atoms with Gasteiger partial charge in [-0.3, -0.25) is 5.10 Å². The molecule has 1 aromatic carbocycles. The molecule has 0 fully saturated rings. The van der Waals surface area contributed by atoms with Gasteiger partial charge in [0, 0.05) is 0 Å². The topological polar surface area (TPSA) is 75.2 Å². The van der Waals surface area contributed by atoms with Crippen LogP contribution in [0.4, 0.5) is 4.39 Å². The molecule has 0 saturated heterocycles. The number of carbonyl (C=O) groups is 1. The summed E-state index contributed by atoms with van der Waals surface area (Å²) in [5.74, 6) is -2.01. The van der Waals surface area contributed by atoms with Crippen LogP contribution >= 0.6 is 0 Å². The van der Waals surface area contributed by atoms with Crippen LogP contribution in [0, 0.1) is 5.82 Å². The second-order valence-electron chi connectivity index (χ2n) is 2.88. The number of hydrogen-bond acceptors (Lipinski definition) is 3. The third kappa shape index (κ3) is 1.30. The van der Waals surface area contributed by atoms with E-state index >= 15 is 0 Å². The highest BCUT2D eigenvalue weighted by Gasteiger charge is 2.19. The van der Waals surface area contributed by atoms with Crippen molar-refractivity contribution in [3.05, 3.63) is 23.6 Å². The Morgan fingerprint density at radius 3 is 2.93 bits per heavy atom. The van der Waals surface area contributed by atoms with Crippen molar-refractivity contribution in [2.45, 2.75) is 0 Å². The number of aromatic nitrogens is 2. The summed E-state index contributed by atoms with van der Waals surface area (Å²) < 4.78 is 18.4. The average molecular weight is 210 g/mol. The Morgan fingerprint density at radius 1 is 1.60 bits per heavy atom. The van der Waals surface area contributed by atoms with Gasteiger partial charge in [-0.1, -0.05) is 0 Å². The summed E-state index contributed by atoms with van der Waals surface area (Å²) in [7, 11) is 1.31. The number of fused-ring (bicyclic) bond motifs is 1. The van der Waals surface area contributed by atoms with Crippen molar-refractivity contribution in [2.24, 2.45) is 0 Å². The normalized spacial score (nSPS) is 10.5. The Morgan fingerprint density at radius 2 is 2.33 bits per heavy atom. The number of hydrogen-bond donors (Lipinski definition) is 2. The molecule has 0 amide bonds. The fourth-order valence-corrected chi connectivity index (χ4v) is 1.37. The molecule has 2 aromatic rings. The van der Waals surface area contributed by atoms with Crippen molar-refractivity contribution < 1.29 is 19.0 Å². The number of methoxy groups -OCH3 is 1. The zero-order valence-corrected chi connectivity index (χ0v) is 7.74. The van der Waals surface area contributed by atoms with Gasteiger partial charge in [0.1, 0.15) is 0 Å². The van der Waals surface area contributed by atoms with Crippen molar-refractivity contribution >= 4 is 16.9 Å². The maximum atomic E-state index is 13.7. The summed E-state index contributed by atoms with van der Waals surface area (Å²) in [5, 5.41) is 14.6. The van der Waals surface area contributed by atoms with Gasteiger partial charge in [0.25, 0.3) is 0 Å². The van der Waals surface area contributed by atoms with E-state index in [1.807, 2.05) is 0 Å². The fraction of sp³-hybridized carbons (Fsp3) is 0.111. The number of ether oxygens (including phenoxy) is 1. The number of rotatable bonds is 2. The number of carboxylic acids is 1. The van der Waals surface area contributed by atoms with E-state index in [1.165, 1.54) is 19.2 Å². The molecule has 5 nitrogen and oxygen atoms in total. The average Bonchev–Trinajstić information content (AvgIpc) is 2.63. The Kier molecular flexibility index (Phi) is 2.03. The van der Waals surface area contributed by atoms with E-state index in [-0.39, 0.29) is 16.8 Å². The summed E-state index contributed by atoms with van der Waals surface area (Å²) in [5.41, 5.74) is -0.0212. The van der Waals surface area contributed by atoms with Crippen LogP contribution in [0.5, 0.6) is 5.75 Å². The van der Waals surface area contributed by atoms with Crippen molar-refractivity contribution in [3.63, 3.8) is 0 Å². The van der Waals surface area contributed by atoms with Crippen LogP contribution in [0.3, 0.4) is 0 Å². The first kappa shape index (κ1) is 9.45. The lowest BCUT2D eigenvalue weighted by molar-refractivity contribution is 0.0692. The molecule has 2 rings (SSSR count). The number of nitrogens with zero attached hydrogens (tertiary/aromatic N) is 1. The third-order valence-corrected chi connectivity index (χ3v) is 2.05. The van der Waals surface area contributed by atoms with Crippen LogP contribution in [0.1, 0.15) is 10.5 Å². The maximum Gasteiger partial charge on any atom is 0.357 e. The molecule has 0 aliphatic heterocycles. The van der Waals surface area contributed by atoms with E-state index in [0.717, 1.165) is 0 Å². The summed E-state index contributed by atoms with van der Waals surface area (Å²) in [6.07, 6.45) is 0. The molecule has 0 radical (unpaired) electrons. The number of benzene rings is 1. The number of aromatic carboxylic acids is 1. The lowest BCUT2D eigenvalue weighted by Crippen LogP contribution is -1.98. The van der Waals surface area contributed by atoms with Crippen LogP contribution in [0.25, 0.3) is 10.9 Å². The second-order valence-corrected chi connectivity index (χ2v) is 2.88. The summed E-state index contributed by atoms with van der Waals surface area (Å²) in [6, 6.07) is 2.91. The fourth-order valence-electron chi connectivity index (χ4n) is 1.37. The van der Waals surface area contributed by atoms with Gasteiger partial charge in [0.15, 0.2) is 17.3 Å². The molecule has 1 heterocycles. The summed E-state index contributed by atoms with van der Waals surface area (Å²) in [6.45, 7) is 0. The van der Waals surface area contributed by atoms with E-state index in [9.17, 15) is 9.18 Å². The predicted octanol–water partition coefficient (Wildman–Crippen LogP) is 1.41. The lowest BCUT2D eigenvalue weighted by Gasteiger charge is -2.01. The molecular formula is C9H7FN2O3. The van der Waals surface area contributed by atoms with Crippen LogP contribution in [-0.2, 0) is 0 Å². The van der Waals surface area contributed by atoms with Gasteiger partial charge in [-0.15, -0.1) is 0 Å². The standard InChI is InChI=1S/C9H7FN2O3/c1-15-5-3-2-4-6(7(5)10)8(9(13)14)12-11-4/h2-3H,1H3,(H,11,12)(H,13,14). The van der Waals surface area contributed by atoms with E-state index < -0.39 is 11.8 Å².